The van der Waals surface area contributed by atoms with Crippen molar-refractivity contribution < 1.29 is 9.53 Å². The summed E-state index contributed by atoms with van der Waals surface area (Å²) in [5.74, 6) is 2.86. The second-order valence-corrected chi connectivity index (χ2v) is 8.65. The van der Waals surface area contributed by atoms with Gasteiger partial charge in [0.25, 0.3) is 0 Å². The number of hydrogen-bond acceptors (Lipinski definition) is 3. The summed E-state index contributed by atoms with van der Waals surface area (Å²) >= 11 is 0. The molecule has 0 aromatic heterocycles. The Morgan fingerprint density at radius 1 is 1.14 bits per heavy atom. The Bertz CT molecular complexity index is 830. The lowest BCUT2D eigenvalue weighted by atomic mass is 9.88. The maximum absolute atomic E-state index is 11.8. The van der Waals surface area contributed by atoms with E-state index in [1.807, 2.05) is 0 Å². The van der Waals surface area contributed by atoms with Gasteiger partial charge in [-0.3, -0.25) is 4.79 Å². The number of allylic oxidation sites excluding steroid dienone is 1. The van der Waals surface area contributed by atoms with E-state index in [0.717, 1.165) is 31.4 Å². The molecule has 2 aromatic carbocycles. The van der Waals surface area contributed by atoms with Crippen molar-refractivity contribution in [2.24, 2.45) is 5.92 Å². The van der Waals surface area contributed by atoms with E-state index in [-0.39, 0.29) is 11.7 Å². The summed E-state index contributed by atoms with van der Waals surface area (Å²) in [4.78, 5) is 14.3. The number of carbonyl (C=O) groups excluding carboxylic acids is 1. The van der Waals surface area contributed by atoms with Gasteiger partial charge in [0, 0.05) is 37.5 Å². The fraction of sp³-hybridized carbons (Fsp3) is 0.423. The third-order valence-electron chi connectivity index (χ3n) is 6.15. The lowest BCUT2D eigenvalue weighted by Gasteiger charge is -2.41. The number of rotatable bonds is 10. The maximum Gasteiger partial charge on any atom is 0.137 e. The third kappa shape index (κ3) is 5.09. The molecule has 152 valence electrons. The second-order valence-electron chi connectivity index (χ2n) is 8.65. The molecule has 1 aliphatic carbocycles. The van der Waals surface area contributed by atoms with Crippen molar-refractivity contribution in [2.75, 3.05) is 24.6 Å². The number of ketones is 1. The first kappa shape index (κ1) is 19.8. The number of Topliss-reactive ketones (excluding diaryl/α,β-unsaturated/α-hetero) is 1. The number of nitrogens with zero attached hydrogens (tertiary/aromatic N) is 1. The van der Waals surface area contributed by atoms with Gasteiger partial charge in [-0.05, 0) is 60.1 Å². The lowest BCUT2D eigenvalue weighted by molar-refractivity contribution is -0.118. The number of carbonyl (C=O) groups is 1. The Hall–Kier alpha value is -2.55. The van der Waals surface area contributed by atoms with Crippen LogP contribution in [-0.4, -0.2) is 25.5 Å². The molecule has 2 aromatic rings. The zero-order valence-corrected chi connectivity index (χ0v) is 17.3. The van der Waals surface area contributed by atoms with E-state index in [4.69, 9.17) is 4.74 Å². The highest BCUT2D eigenvalue weighted by atomic mass is 16.5. The summed E-state index contributed by atoms with van der Waals surface area (Å²) in [5.41, 5.74) is 3.90. The van der Waals surface area contributed by atoms with Crippen molar-refractivity contribution in [3.63, 3.8) is 0 Å². The van der Waals surface area contributed by atoms with E-state index in [1.54, 1.807) is 6.08 Å². The molecular formula is C26H31NO2. The molecule has 0 spiro atoms. The van der Waals surface area contributed by atoms with Crippen LogP contribution < -0.4 is 9.64 Å². The first-order valence-corrected chi connectivity index (χ1v) is 10.8. The lowest BCUT2D eigenvalue weighted by Crippen LogP contribution is -2.45. The van der Waals surface area contributed by atoms with Crippen LogP contribution in [0.5, 0.6) is 5.75 Å². The molecule has 29 heavy (non-hydrogen) atoms. The normalized spacial score (nSPS) is 17.5. The predicted molar refractivity (Wildman–Crippen MR) is 119 cm³/mol. The van der Waals surface area contributed by atoms with E-state index in [1.165, 1.54) is 29.7 Å². The van der Waals surface area contributed by atoms with Crippen molar-refractivity contribution in [1.82, 2.24) is 0 Å². The van der Waals surface area contributed by atoms with Crippen LogP contribution in [0.3, 0.4) is 0 Å². The summed E-state index contributed by atoms with van der Waals surface area (Å²) in [6, 6.07) is 17.4. The molecule has 3 nitrogen and oxygen atoms in total. The van der Waals surface area contributed by atoms with Gasteiger partial charge in [-0.2, -0.15) is 0 Å². The highest BCUT2D eigenvalue weighted by molar-refractivity contribution is 5.80. The van der Waals surface area contributed by atoms with Gasteiger partial charge in [0.1, 0.15) is 11.5 Å². The van der Waals surface area contributed by atoms with Gasteiger partial charge in [0.15, 0.2) is 0 Å². The molecule has 4 rings (SSSR count). The molecule has 0 amide bonds. The van der Waals surface area contributed by atoms with Crippen LogP contribution in [0.2, 0.25) is 0 Å². The first-order chi connectivity index (χ1) is 14.1. The largest absolute Gasteiger partial charge is 0.493 e. The first-order valence-electron chi connectivity index (χ1n) is 10.8. The molecule has 1 heterocycles. The van der Waals surface area contributed by atoms with Gasteiger partial charge in [-0.25, -0.2) is 0 Å². The van der Waals surface area contributed by atoms with Crippen LogP contribution >= 0.6 is 0 Å². The second kappa shape index (κ2) is 8.86. The number of anilines is 1. The number of benzene rings is 2. The van der Waals surface area contributed by atoms with E-state index in [9.17, 15) is 4.79 Å². The predicted octanol–water partition coefficient (Wildman–Crippen LogP) is 5.72. The maximum atomic E-state index is 11.8. The van der Waals surface area contributed by atoms with Gasteiger partial charge >= 0.3 is 0 Å². The quantitative estimate of drug-likeness (QED) is 0.487. The standard InChI is InChI=1S/C26H31NO2/c1-3-4-25(28)15-19(2)21-7-9-22(10-8-21)23-16-27(17-23)24-11-13-26(14-12-24)29-18-20-5-6-20/h3,7-14,19-20,23H,1,4-6,15-18H2,2H3/t19-/m1/s1. The smallest absolute Gasteiger partial charge is 0.137 e. The highest BCUT2D eigenvalue weighted by Crippen LogP contribution is 2.34. The molecule has 2 aliphatic rings. The van der Waals surface area contributed by atoms with Gasteiger partial charge in [-0.15, -0.1) is 6.58 Å². The summed E-state index contributed by atoms with van der Waals surface area (Å²) in [7, 11) is 0. The topological polar surface area (TPSA) is 29.5 Å². The van der Waals surface area contributed by atoms with Crippen molar-refractivity contribution in [2.45, 2.75) is 44.4 Å². The third-order valence-corrected chi connectivity index (χ3v) is 6.15. The minimum atomic E-state index is 0.259. The van der Waals surface area contributed by atoms with Crippen molar-refractivity contribution >= 4 is 11.5 Å². The van der Waals surface area contributed by atoms with Gasteiger partial charge in [0.05, 0.1) is 6.61 Å². The van der Waals surface area contributed by atoms with Crippen molar-refractivity contribution in [1.29, 1.82) is 0 Å². The van der Waals surface area contributed by atoms with Crippen LogP contribution in [0.15, 0.2) is 61.2 Å². The summed E-state index contributed by atoms with van der Waals surface area (Å²) < 4.78 is 5.83. The molecule has 1 saturated carbocycles. The fourth-order valence-electron chi connectivity index (χ4n) is 3.95. The fourth-order valence-corrected chi connectivity index (χ4v) is 3.95. The zero-order chi connectivity index (χ0) is 20.2. The Morgan fingerprint density at radius 3 is 2.45 bits per heavy atom. The molecule has 0 bridgehead atoms. The summed E-state index contributed by atoms with van der Waals surface area (Å²) in [6.07, 6.45) is 5.38. The molecule has 1 atom stereocenters. The van der Waals surface area contributed by atoms with E-state index >= 15 is 0 Å². The molecule has 0 N–H and O–H groups in total. The Balaban J connectivity index is 1.26. The monoisotopic (exact) mass is 389 g/mol. The summed E-state index contributed by atoms with van der Waals surface area (Å²) in [5, 5.41) is 0. The van der Waals surface area contributed by atoms with Crippen LogP contribution in [0.4, 0.5) is 5.69 Å². The number of ether oxygens (including phenoxy) is 1. The average Bonchev–Trinajstić information content (AvgIpc) is 3.51. The van der Waals surface area contributed by atoms with E-state index in [0.29, 0.717) is 18.8 Å². The van der Waals surface area contributed by atoms with Crippen LogP contribution in [0, 0.1) is 5.92 Å². The molecule has 2 fully saturated rings. The number of hydrogen-bond donors (Lipinski definition) is 0. The van der Waals surface area contributed by atoms with Crippen LogP contribution in [-0.2, 0) is 4.79 Å². The molecular weight excluding hydrogens is 358 g/mol. The molecule has 0 unspecified atom stereocenters. The Morgan fingerprint density at radius 2 is 1.83 bits per heavy atom. The van der Waals surface area contributed by atoms with E-state index in [2.05, 4.69) is 66.9 Å². The van der Waals surface area contributed by atoms with Gasteiger partial charge in [-0.1, -0.05) is 37.3 Å². The molecule has 3 heteroatoms. The van der Waals surface area contributed by atoms with Gasteiger partial charge in [0.2, 0.25) is 0 Å². The Labute approximate surface area is 174 Å². The van der Waals surface area contributed by atoms with Crippen LogP contribution in [0.25, 0.3) is 0 Å². The van der Waals surface area contributed by atoms with Crippen molar-refractivity contribution in [3.05, 3.63) is 72.3 Å². The highest BCUT2D eigenvalue weighted by Gasteiger charge is 2.28. The average molecular weight is 390 g/mol. The Kier molecular flexibility index (Phi) is 6.03. The molecule has 1 saturated heterocycles. The SMILES string of the molecule is C=CCC(=O)C[C@@H](C)c1ccc(C2CN(c3ccc(OCC4CC4)cc3)C2)cc1. The van der Waals surface area contributed by atoms with Crippen molar-refractivity contribution in [3.8, 4) is 5.75 Å². The molecule has 1 aliphatic heterocycles. The summed E-state index contributed by atoms with van der Waals surface area (Å²) in [6.45, 7) is 8.73. The van der Waals surface area contributed by atoms with E-state index < -0.39 is 0 Å². The van der Waals surface area contributed by atoms with Crippen LogP contribution in [0.1, 0.15) is 55.6 Å². The van der Waals surface area contributed by atoms with Gasteiger partial charge < -0.3 is 9.64 Å². The zero-order valence-electron chi connectivity index (χ0n) is 17.3. The minimum Gasteiger partial charge on any atom is -0.493 e. The molecule has 0 radical (unpaired) electrons. The minimum absolute atomic E-state index is 0.259.